The van der Waals surface area contributed by atoms with E-state index in [9.17, 15) is 14.9 Å². The lowest BCUT2D eigenvalue weighted by molar-refractivity contribution is -0.384. The topological polar surface area (TPSA) is 98.3 Å². The first-order valence-electron chi connectivity index (χ1n) is 7.37. The van der Waals surface area contributed by atoms with E-state index in [1.54, 1.807) is 12.1 Å². The van der Waals surface area contributed by atoms with Gasteiger partial charge in [-0.2, -0.15) is 0 Å². The molecule has 1 aromatic rings. The highest BCUT2D eigenvalue weighted by Gasteiger charge is 2.21. The highest BCUT2D eigenvalue weighted by Crippen LogP contribution is 2.27. The first-order chi connectivity index (χ1) is 10.1. The van der Waals surface area contributed by atoms with Gasteiger partial charge in [-0.25, -0.2) is 0 Å². The number of nitro benzene ring substituents is 1. The number of nitrogens with zero attached hydrogens (tertiary/aromatic N) is 1. The zero-order valence-corrected chi connectivity index (χ0v) is 12.0. The van der Waals surface area contributed by atoms with E-state index in [0.717, 1.165) is 12.8 Å². The molecule has 1 fully saturated rings. The fraction of sp³-hybridized carbons (Fsp3) is 0.533. The lowest BCUT2D eigenvalue weighted by Crippen LogP contribution is -2.37. The minimum Gasteiger partial charge on any atom is -0.324 e. The van der Waals surface area contributed by atoms with Gasteiger partial charge in [0.15, 0.2) is 0 Å². The summed E-state index contributed by atoms with van der Waals surface area (Å²) >= 11 is 0. The van der Waals surface area contributed by atoms with Crippen LogP contribution in [0.25, 0.3) is 0 Å². The number of hydrogen-bond acceptors (Lipinski definition) is 4. The third kappa shape index (κ3) is 4.53. The summed E-state index contributed by atoms with van der Waals surface area (Å²) in [4.78, 5) is 22.3. The number of carbonyl (C=O) groups is 1. The maximum atomic E-state index is 12.1. The number of nitrogens with two attached hydrogens (primary N) is 1. The fourth-order valence-electron chi connectivity index (χ4n) is 2.82. The van der Waals surface area contributed by atoms with Crippen LogP contribution >= 0.6 is 0 Å². The minimum absolute atomic E-state index is 0.0475. The van der Waals surface area contributed by atoms with Crippen LogP contribution < -0.4 is 11.1 Å². The second-order valence-electron chi connectivity index (χ2n) is 5.64. The first-order valence-corrected chi connectivity index (χ1v) is 7.37. The van der Waals surface area contributed by atoms with E-state index in [1.165, 1.54) is 31.4 Å². The third-order valence-electron chi connectivity index (χ3n) is 3.97. The molecule has 21 heavy (non-hydrogen) atoms. The molecule has 3 N–H and O–H groups in total. The Labute approximate surface area is 123 Å². The van der Waals surface area contributed by atoms with Crippen molar-refractivity contribution in [3.8, 4) is 0 Å². The van der Waals surface area contributed by atoms with Crippen molar-refractivity contribution in [2.45, 2.75) is 44.6 Å². The molecule has 1 unspecified atom stereocenters. The Balaban J connectivity index is 1.90. The van der Waals surface area contributed by atoms with Crippen molar-refractivity contribution >= 4 is 17.3 Å². The predicted molar refractivity (Wildman–Crippen MR) is 80.9 cm³/mol. The molecule has 1 atom stereocenters. The number of nitrogens with one attached hydrogen (secondary N) is 1. The molecule has 1 amide bonds. The summed E-state index contributed by atoms with van der Waals surface area (Å²) < 4.78 is 0. The van der Waals surface area contributed by atoms with Crippen LogP contribution in [0.2, 0.25) is 0 Å². The number of carbonyl (C=O) groups excluding carboxylic acids is 1. The number of hydrogen-bond donors (Lipinski definition) is 2. The third-order valence-corrected chi connectivity index (χ3v) is 3.97. The van der Waals surface area contributed by atoms with E-state index in [0.29, 0.717) is 18.0 Å². The molecule has 0 aromatic heterocycles. The van der Waals surface area contributed by atoms with Crippen molar-refractivity contribution in [2.75, 3.05) is 5.32 Å². The summed E-state index contributed by atoms with van der Waals surface area (Å²) in [7, 11) is 0. The average Bonchev–Trinajstić information content (AvgIpc) is 2.48. The van der Waals surface area contributed by atoms with E-state index in [2.05, 4.69) is 5.32 Å². The standard InChI is InChI=1S/C15H21N3O3/c16-14(9-11-5-2-1-3-6-11)15(19)17-12-7-4-8-13(10-12)18(20)21/h4,7-8,10-11,14H,1-3,5-6,9,16H2,(H,17,19). The van der Waals surface area contributed by atoms with Crippen LogP contribution in [-0.2, 0) is 4.79 Å². The monoisotopic (exact) mass is 291 g/mol. The summed E-state index contributed by atoms with van der Waals surface area (Å²) in [5, 5.41) is 13.4. The van der Waals surface area contributed by atoms with Crippen molar-refractivity contribution in [1.82, 2.24) is 0 Å². The van der Waals surface area contributed by atoms with Gasteiger partial charge in [0.1, 0.15) is 0 Å². The van der Waals surface area contributed by atoms with Crippen molar-refractivity contribution in [3.05, 3.63) is 34.4 Å². The number of benzene rings is 1. The van der Waals surface area contributed by atoms with E-state index in [4.69, 9.17) is 5.73 Å². The zero-order chi connectivity index (χ0) is 15.2. The predicted octanol–water partition coefficient (Wildman–Crippen LogP) is 2.83. The van der Waals surface area contributed by atoms with E-state index >= 15 is 0 Å². The van der Waals surface area contributed by atoms with Crippen molar-refractivity contribution in [3.63, 3.8) is 0 Å². The Kier molecular flexibility index (Phi) is 5.27. The van der Waals surface area contributed by atoms with Crippen molar-refractivity contribution in [1.29, 1.82) is 0 Å². The van der Waals surface area contributed by atoms with E-state index in [1.807, 2.05) is 0 Å². The molecule has 0 saturated heterocycles. The lowest BCUT2D eigenvalue weighted by Gasteiger charge is -2.24. The highest BCUT2D eigenvalue weighted by molar-refractivity contribution is 5.94. The van der Waals surface area contributed by atoms with Crippen LogP contribution in [0, 0.1) is 16.0 Å². The van der Waals surface area contributed by atoms with Crippen molar-refractivity contribution in [2.24, 2.45) is 11.7 Å². The Hall–Kier alpha value is -1.95. The average molecular weight is 291 g/mol. The van der Waals surface area contributed by atoms with Gasteiger partial charge >= 0.3 is 0 Å². The van der Waals surface area contributed by atoms with Crippen LogP contribution in [0.1, 0.15) is 38.5 Å². The van der Waals surface area contributed by atoms with E-state index in [-0.39, 0.29) is 11.6 Å². The van der Waals surface area contributed by atoms with Gasteiger partial charge in [0.25, 0.3) is 5.69 Å². The molecule has 1 aliphatic rings. The number of rotatable bonds is 5. The molecule has 1 saturated carbocycles. The van der Waals surface area contributed by atoms with Gasteiger partial charge in [0.2, 0.25) is 5.91 Å². The van der Waals surface area contributed by atoms with Crippen LogP contribution in [-0.4, -0.2) is 16.9 Å². The van der Waals surface area contributed by atoms with Crippen molar-refractivity contribution < 1.29 is 9.72 Å². The number of amides is 1. The summed E-state index contributed by atoms with van der Waals surface area (Å²) in [6.07, 6.45) is 6.65. The molecule has 0 bridgehead atoms. The van der Waals surface area contributed by atoms with Gasteiger partial charge in [-0.1, -0.05) is 38.2 Å². The lowest BCUT2D eigenvalue weighted by atomic mass is 9.85. The maximum absolute atomic E-state index is 12.1. The summed E-state index contributed by atoms with van der Waals surface area (Å²) in [6, 6.07) is 5.33. The molecule has 0 heterocycles. The normalized spacial score (nSPS) is 17.2. The Morgan fingerprint density at radius 3 is 2.76 bits per heavy atom. The van der Waals surface area contributed by atoms with Gasteiger partial charge in [-0.3, -0.25) is 14.9 Å². The summed E-state index contributed by atoms with van der Waals surface area (Å²) in [5.74, 6) is 0.241. The second-order valence-corrected chi connectivity index (χ2v) is 5.64. The van der Waals surface area contributed by atoms with Gasteiger partial charge in [0, 0.05) is 17.8 Å². The highest BCUT2D eigenvalue weighted by atomic mass is 16.6. The quantitative estimate of drug-likeness (QED) is 0.643. The minimum atomic E-state index is -0.563. The molecule has 114 valence electrons. The molecule has 2 rings (SSSR count). The second kappa shape index (κ2) is 7.17. The van der Waals surface area contributed by atoms with E-state index < -0.39 is 11.0 Å². The molecule has 0 spiro atoms. The Morgan fingerprint density at radius 2 is 2.10 bits per heavy atom. The largest absolute Gasteiger partial charge is 0.324 e. The summed E-state index contributed by atoms with van der Waals surface area (Å²) in [5.41, 5.74) is 6.31. The summed E-state index contributed by atoms with van der Waals surface area (Å²) in [6.45, 7) is 0. The molecule has 1 aliphatic carbocycles. The van der Waals surface area contributed by atoms with Gasteiger partial charge < -0.3 is 11.1 Å². The SMILES string of the molecule is NC(CC1CCCCC1)C(=O)Nc1cccc([N+](=O)[O-])c1. The van der Waals surface area contributed by atoms with Crippen LogP contribution in [0.4, 0.5) is 11.4 Å². The van der Waals surface area contributed by atoms with Gasteiger partial charge in [0.05, 0.1) is 11.0 Å². The maximum Gasteiger partial charge on any atom is 0.271 e. The molecule has 6 nitrogen and oxygen atoms in total. The number of nitro groups is 1. The van der Waals surface area contributed by atoms with Crippen LogP contribution in [0.5, 0.6) is 0 Å². The molecular weight excluding hydrogens is 270 g/mol. The molecule has 0 radical (unpaired) electrons. The molecular formula is C15H21N3O3. The van der Waals surface area contributed by atoms with Crippen LogP contribution in [0.3, 0.4) is 0 Å². The fourth-order valence-corrected chi connectivity index (χ4v) is 2.82. The zero-order valence-electron chi connectivity index (χ0n) is 12.0. The number of non-ortho nitro benzene ring substituents is 1. The molecule has 0 aliphatic heterocycles. The van der Waals surface area contributed by atoms with Crippen LogP contribution in [0.15, 0.2) is 24.3 Å². The Morgan fingerprint density at radius 1 is 1.38 bits per heavy atom. The Bertz CT molecular complexity index is 513. The molecule has 6 heteroatoms. The number of anilines is 1. The first kappa shape index (κ1) is 15.4. The smallest absolute Gasteiger partial charge is 0.271 e. The van der Waals surface area contributed by atoms with Gasteiger partial charge in [-0.15, -0.1) is 0 Å². The van der Waals surface area contributed by atoms with Gasteiger partial charge in [-0.05, 0) is 18.4 Å². The molecule has 1 aromatic carbocycles.